The Bertz CT molecular complexity index is 481. The Kier molecular flexibility index (Phi) is 3.82. The summed E-state index contributed by atoms with van der Waals surface area (Å²) in [6, 6.07) is 14.1. The number of nitrogens with two attached hydrogens (primary N) is 1. The van der Waals surface area contributed by atoms with Gasteiger partial charge in [-0.05, 0) is 12.1 Å². The lowest BCUT2D eigenvalue weighted by molar-refractivity contribution is 0.258. The van der Waals surface area contributed by atoms with Gasteiger partial charge >= 0.3 is 0 Å². The van der Waals surface area contributed by atoms with Gasteiger partial charge in [-0.1, -0.05) is 36.4 Å². The molecule has 0 saturated heterocycles. The highest BCUT2D eigenvalue weighted by molar-refractivity contribution is 5.33. The van der Waals surface area contributed by atoms with E-state index >= 15 is 0 Å². The lowest BCUT2D eigenvalue weighted by Crippen LogP contribution is -2.29. The fourth-order valence-corrected chi connectivity index (χ4v) is 1.78. The average Bonchev–Trinajstić information content (AvgIpc) is 2.35. The maximum Gasteiger partial charge on any atom is 0.120 e. The number of phenolic OH excluding ortho intramolecular Hbond substituents is 2. The van der Waals surface area contributed by atoms with Crippen molar-refractivity contribution in [3.05, 3.63) is 59.7 Å². The zero-order valence-corrected chi connectivity index (χ0v) is 9.95. The Balaban J connectivity index is 2.04. The topological polar surface area (TPSA) is 69.7 Å². The minimum Gasteiger partial charge on any atom is -0.508 e. The first-order chi connectivity index (χ1) is 8.66. The summed E-state index contributed by atoms with van der Waals surface area (Å²) in [4.78, 5) is 0. The summed E-state index contributed by atoms with van der Waals surface area (Å²) in [5.41, 5.74) is 1.52. The number of nitrogens with zero attached hydrogens (tertiary/aromatic N) is 1. The fraction of sp³-hybridized carbons (Fsp3) is 0.143. The molecule has 0 aliphatic heterocycles. The van der Waals surface area contributed by atoms with Gasteiger partial charge in [-0.25, -0.2) is 5.01 Å². The first kappa shape index (κ1) is 12.4. The molecule has 0 amide bonds. The van der Waals surface area contributed by atoms with Crippen LogP contribution in [-0.4, -0.2) is 15.2 Å². The van der Waals surface area contributed by atoms with Crippen LogP contribution in [0.4, 0.5) is 0 Å². The van der Waals surface area contributed by atoms with E-state index in [0.29, 0.717) is 13.1 Å². The van der Waals surface area contributed by atoms with Crippen LogP contribution in [0.15, 0.2) is 48.5 Å². The lowest BCUT2D eigenvalue weighted by atomic mass is 10.1. The van der Waals surface area contributed by atoms with Gasteiger partial charge in [-0.15, -0.1) is 0 Å². The van der Waals surface area contributed by atoms with Crippen LogP contribution in [-0.2, 0) is 13.1 Å². The molecule has 0 aliphatic rings. The Morgan fingerprint density at radius 1 is 0.778 bits per heavy atom. The summed E-state index contributed by atoms with van der Waals surface area (Å²) in [5.74, 6) is 6.34. The highest BCUT2D eigenvalue weighted by Gasteiger charge is 2.07. The van der Waals surface area contributed by atoms with E-state index in [1.54, 1.807) is 29.3 Å². The Labute approximate surface area is 106 Å². The molecule has 4 N–H and O–H groups in total. The number of rotatable bonds is 4. The molecule has 2 aromatic rings. The molecule has 2 rings (SSSR count). The van der Waals surface area contributed by atoms with Gasteiger partial charge in [0.05, 0.1) is 0 Å². The molecule has 18 heavy (non-hydrogen) atoms. The van der Waals surface area contributed by atoms with Gasteiger partial charge in [0.15, 0.2) is 0 Å². The van der Waals surface area contributed by atoms with Gasteiger partial charge in [0.2, 0.25) is 0 Å². The van der Waals surface area contributed by atoms with E-state index in [-0.39, 0.29) is 11.5 Å². The molecular formula is C14H16N2O2. The van der Waals surface area contributed by atoms with Crippen LogP contribution in [0.25, 0.3) is 0 Å². The third-order valence-corrected chi connectivity index (χ3v) is 2.73. The van der Waals surface area contributed by atoms with E-state index in [0.717, 1.165) is 11.1 Å². The molecule has 94 valence electrons. The molecule has 0 bridgehead atoms. The second-order valence-electron chi connectivity index (χ2n) is 4.16. The molecule has 2 aromatic carbocycles. The molecule has 0 heterocycles. The van der Waals surface area contributed by atoms with Crippen molar-refractivity contribution in [2.75, 3.05) is 0 Å². The van der Waals surface area contributed by atoms with E-state index in [9.17, 15) is 10.2 Å². The summed E-state index contributed by atoms with van der Waals surface area (Å²) in [6.45, 7) is 0.835. The minimum atomic E-state index is 0.227. The van der Waals surface area contributed by atoms with E-state index in [4.69, 9.17) is 5.84 Å². The zero-order chi connectivity index (χ0) is 13.0. The molecule has 0 fully saturated rings. The minimum absolute atomic E-state index is 0.227. The van der Waals surface area contributed by atoms with Crippen molar-refractivity contribution < 1.29 is 10.2 Å². The Morgan fingerprint density at radius 3 is 1.56 bits per heavy atom. The lowest BCUT2D eigenvalue weighted by Gasteiger charge is -2.17. The SMILES string of the molecule is NN(Cc1ccccc1O)Cc1ccccc1O. The predicted molar refractivity (Wildman–Crippen MR) is 69.6 cm³/mol. The van der Waals surface area contributed by atoms with Crippen molar-refractivity contribution in [3.63, 3.8) is 0 Å². The highest BCUT2D eigenvalue weighted by Crippen LogP contribution is 2.20. The predicted octanol–water partition coefficient (Wildman–Crippen LogP) is 1.97. The molecule has 0 aromatic heterocycles. The van der Waals surface area contributed by atoms with Crippen LogP contribution >= 0.6 is 0 Å². The first-order valence-electron chi connectivity index (χ1n) is 5.70. The summed E-state index contributed by atoms with van der Waals surface area (Å²) < 4.78 is 0. The van der Waals surface area contributed by atoms with Crippen LogP contribution in [0.3, 0.4) is 0 Å². The second-order valence-corrected chi connectivity index (χ2v) is 4.16. The quantitative estimate of drug-likeness (QED) is 0.568. The number of aromatic hydroxyl groups is 2. The van der Waals surface area contributed by atoms with Gasteiger partial charge < -0.3 is 10.2 Å². The smallest absolute Gasteiger partial charge is 0.120 e. The maximum atomic E-state index is 9.65. The van der Waals surface area contributed by atoms with E-state index in [1.165, 1.54) is 0 Å². The number of phenols is 2. The van der Waals surface area contributed by atoms with E-state index in [1.807, 2.05) is 24.3 Å². The zero-order valence-electron chi connectivity index (χ0n) is 9.95. The number of hydrogen-bond acceptors (Lipinski definition) is 4. The molecule has 4 heteroatoms. The fourth-order valence-electron chi connectivity index (χ4n) is 1.78. The second kappa shape index (κ2) is 5.53. The molecule has 0 saturated carbocycles. The van der Waals surface area contributed by atoms with Crippen molar-refractivity contribution in [1.29, 1.82) is 0 Å². The van der Waals surface area contributed by atoms with Crippen LogP contribution < -0.4 is 5.84 Å². The normalized spacial score (nSPS) is 10.8. The highest BCUT2D eigenvalue weighted by atomic mass is 16.3. The molecule has 0 spiro atoms. The van der Waals surface area contributed by atoms with Gasteiger partial charge in [0.1, 0.15) is 11.5 Å². The number of hydrogen-bond donors (Lipinski definition) is 3. The number of para-hydroxylation sites is 2. The molecule has 0 radical (unpaired) electrons. The summed E-state index contributed by atoms with van der Waals surface area (Å²) in [5, 5.41) is 20.8. The monoisotopic (exact) mass is 244 g/mol. The van der Waals surface area contributed by atoms with Crippen molar-refractivity contribution in [3.8, 4) is 11.5 Å². The molecule has 0 atom stereocenters. The van der Waals surface area contributed by atoms with Crippen molar-refractivity contribution in [2.45, 2.75) is 13.1 Å². The molecule has 0 unspecified atom stereocenters. The van der Waals surface area contributed by atoms with Gasteiger partial charge in [0, 0.05) is 24.2 Å². The van der Waals surface area contributed by atoms with Gasteiger partial charge in [-0.3, -0.25) is 5.84 Å². The first-order valence-corrected chi connectivity index (χ1v) is 5.70. The van der Waals surface area contributed by atoms with Crippen LogP contribution in [0.5, 0.6) is 11.5 Å². The number of hydrazine groups is 1. The van der Waals surface area contributed by atoms with Crippen molar-refractivity contribution in [1.82, 2.24) is 5.01 Å². The third-order valence-electron chi connectivity index (χ3n) is 2.73. The Morgan fingerprint density at radius 2 is 1.17 bits per heavy atom. The molecule has 4 nitrogen and oxygen atoms in total. The summed E-state index contributed by atoms with van der Waals surface area (Å²) in [7, 11) is 0. The van der Waals surface area contributed by atoms with E-state index < -0.39 is 0 Å². The molecule has 0 aliphatic carbocycles. The van der Waals surface area contributed by atoms with Crippen LogP contribution in [0.1, 0.15) is 11.1 Å². The summed E-state index contributed by atoms with van der Waals surface area (Å²) in [6.07, 6.45) is 0. The third kappa shape index (κ3) is 3.00. The Hall–Kier alpha value is -2.04. The van der Waals surface area contributed by atoms with E-state index in [2.05, 4.69) is 0 Å². The van der Waals surface area contributed by atoms with Crippen LogP contribution in [0.2, 0.25) is 0 Å². The largest absolute Gasteiger partial charge is 0.508 e. The summed E-state index contributed by atoms with van der Waals surface area (Å²) >= 11 is 0. The van der Waals surface area contributed by atoms with Crippen molar-refractivity contribution >= 4 is 0 Å². The number of benzene rings is 2. The van der Waals surface area contributed by atoms with Gasteiger partial charge in [-0.2, -0.15) is 0 Å². The van der Waals surface area contributed by atoms with Gasteiger partial charge in [0.25, 0.3) is 0 Å². The van der Waals surface area contributed by atoms with Crippen molar-refractivity contribution in [2.24, 2.45) is 5.84 Å². The van der Waals surface area contributed by atoms with Crippen LogP contribution in [0, 0.1) is 0 Å². The maximum absolute atomic E-state index is 9.65. The standard InChI is InChI=1S/C14H16N2O2/c15-16(9-11-5-1-3-7-13(11)17)10-12-6-2-4-8-14(12)18/h1-8,17-18H,9-10,15H2. The average molecular weight is 244 g/mol. The molecular weight excluding hydrogens is 228 g/mol.